The van der Waals surface area contributed by atoms with Gasteiger partial charge in [0.15, 0.2) is 11.6 Å². The smallest absolute Gasteiger partial charge is 0.409 e. The number of fused-ring (bicyclic) bond motifs is 2. The lowest BCUT2D eigenvalue weighted by atomic mass is 9.83. The Labute approximate surface area is 255 Å². The minimum Gasteiger partial charge on any atom is -0.598 e. The Kier molecular flexibility index (Phi) is 10.7. The monoisotopic (exact) mass is 643 g/mol. The number of carbonyl (C=O) groups excluding carboxylic acids is 1. The summed E-state index contributed by atoms with van der Waals surface area (Å²) >= 11 is -1.54. The van der Waals surface area contributed by atoms with Gasteiger partial charge in [-0.15, -0.1) is 4.72 Å². The second kappa shape index (κ2) is 13.8. The van der Waals surface area contributed by atoms with Gasteiger partial charge in [0.25, 0.3) is 0 Å². The van der Waals surface area contributed by atoms with Gasteiger partial charge in [0.05, 0.1) is 11.8 Å². The van der Waals surface area contributed by atoms with Crippen LogP contribution in [0.1, 0.15) is 57.6 Å². The third-order valence-electron chi connectivity index (χ3n) is 8.14. The number of amides is 1. The van der Waals surface area contributed by atoms with E-state index in [4.69, 9.17) is 4.74 Å². The number of ether oxygens (including phenoxy) is 1. The first kappa shape index (κ1) is 33.6. The first-order chi connectivity index (χ1) is 20.2. The van der Waals surface area contributed by atoms with Crippen LogP contribution in [0.15, 0.2) is 42.5 Å². The summed E-state index contributed by atoms with van der Waals surface area (Å²) in [6.07, 6.45) is 1.51. The molecule has 2 saturated heterocycles. The van der Waals surface area contributed by atoms with E-state index in [2.05, 4.69) is 4.72 Å². The summed E-state index contributed by atoms with van der Waals surface area (Å²) in [4.78, 5) is 13.7. The lowest BCUT2D eigenvalue weighted by molar-refractivity contribution is 0.106. The van der Waals surface area contributed by atoms with Gasteiger partial charge < -0.3 is 14.2 Å². The molecule has 13 heteroatoms. The number of hydrogen-bond acceptors (Lipinski definition) is 6. The highest BCUT2D eigenvalue weighted by molar-refractivity contribution is 7.90. The molecule has 2 heterocycles. The van der Waals surface area contributed by atoms with Crippen molar-refractivity contribution in [3.05, 3.63) is 71.0 Å². The molecule has 2 aliphatic rings. The van der Waals surface area contributed by atoms with Crippen molar-refractivity contribution >= 4 is 27.5 Å². The molecule has 0 spiro atoms. The van der Waals surface area contributed by atoms with Gasteiger partial charge in [0, 0.05) is 43.1 Å². The number of benzene rings is 2. The molecule has 238 valence electrons. The van der Waals surface area contributed by atoms with Gasteiger partial charge in [-0.2, -0.15) is 4.31 Å². The Morgan fingerprint density at radius 3 is 2.30 bits per heavy atom. The van der Waals surface area contributed by atoms with Gasteiger partial charge >= 0.3 is 6.09 Å². The van der Waals surface area contributed by atoms with Gasteiger partial charge in [-0.1, -0.05) is 30.3 Å². The van der Waals surface area contributed by atoms with Crippen LogP contribution in [0.4, 0.5) is 18.0 Å². The number of halogens is 3. The van der Waals surface area contributed by atoms with Crippen LogP contribution in [0.3, 0.4) is 0 Å². The number of nitrogens with one attached hydrogen (secondary N) is 1. The average molecular weight is 644 g/mol. The summed E-state index contributed by atoms with van der Waals surface area (Å²) in [6, 6.07) is 9.33. The average Bonchev–Trinajstić information content (AvgIpc) is 3.23. The fourth-order valence-electron chi connectivity index (χ4n) is 5.81. The summed E-state index contributed by atoms with van der Waals surface area (Å²) in [6.45, 7) is 5.41. The first-order valence-electron chi connectivity index (χ1n) is 14.4. The Balaban J connectivity index is 1.42. The molecule has 1 N–H and O–H groups in total. The van der Waals surface area contributed by atoms with Crippen molar-refractivity contribution in [1.29, 1.82) is 0 Å². The Morgan fingerprint density at radius 2 is 1.70 bits per heavy atom. The zero-order valence-electron chi connectivity index (χ0n) is 24.9. The number of hydrogen-bond donors (Lipinski definition) is 1. The van der Waals surface area contributed by atoms with E-state index in [1.54, 1.807) is 25.1 Å². The van der Waals surface area contributed by atoms with E-state index in [0.717, 1.165) is 11.6 Å². The standard InChI is InChI=1S/C30H40F3N3O5S2/c1-30(2,3)42(38)34-28(17-21-16-26(32)27(33)18-25(21)31)22-14-23-10-11-24(15-22)36(23)43(39,40)13-12-35(4)29(37)41-19-20-8-6-5-7-9-20/h5-9,16,18,22-24,28,34H,10-15,17,19H2,1-4H3/t22-,23-,24+,28-,42?/m1/s1. The van der Waals surface area contributed by atoms with Crippen molar-refractivity contribution in [3.63, 3.8) is 0 Å². The van der Waals surface area contributed by atoms with Gasteiger partial charge in [-0.25, -0.2) is 26.4 Å². The van der Waals surface area contributed by atoms with Crippen molar-refractivity contribution in [3.8, 4) is 0 Å². The number of sulfonamides is 1. The molecule has 43 heavy (non-hydrogen) atoms. The lowest BCUT2D eigenvalue weighted by Gasteiger charge is -2.41. The highest BCUT2D eigenvalue weighted by Crippen LogP contribution is 2.42. The van der Waals surface area contributed by atoms with Crippen molar-refractivity contribution in [2.24, 2.45) is 5.92 Å². The van der Waals surface area contributed by atoms with Crippen molar-refractivity contribution in [1.82, 2.24) is 13.9 Å². The second-order valence-electron chi connectivity index (χ2n) is 12.4. The molecule has 4 rings (SSSR count). The summed E-state index contributed by atoms with van der Waals surface area (Å²) in [5.74, 6) is -3.78. The third-order valence-corrected chi connectivity index (χ3v) is 11.7. The number of piperidine rings is 1. The van der Waals surface area contributed by atoms with E-state index in [0.29, 0.717) is 31.7 Å². The van der Waals surface area contributed by atoms with Gasteiger partial charge in [0.2, 0.25) is 10.0 Å². The third kappa shape index (κ3) is 8.44. The molecule has 2 bridgehead atoms. The highest BCUT2D eigenvalue weighted by atomic mass is 32.2. The van der Waals surface area contributed by atoms with Gasteiger partial charge in [-0.3, -0.25) is 0 Å². The van der Waals surface area contributed by atoms with Crippen LogP contribution >= 0.6 is 0 Å². The summed E-state index contributed by atoms with van der Waals surface area (Å²) in [7, 11) is -2.24. The van der Waals surface area contributed by atoms with Crippen LogP contribution in [0.5, 0.6) is 0 Å². The SMILES string of the molecule is CN(CCS(=O)(=O)N1[C@@H]2CC[C@H]1C[C@H]([C@@H](Cc1cc(F)c(F)cc1F)N[S+]([O-])C(C)(C)C)C2)C(=O)OCc1ccccc1. The van der Waals surface area contributed by atoms with Crippen molar-refractivity contribution in [2.45, 2.75) is 82.4 Å². The minimum absolute atomic E-state index is 0.0302. The molecular formula is C30H40F3N3O5S2. The minimum atomic E-state index is -3.73. The van der Waals surface area contributed by atoms with Gasteiger partial charge in [-0.05, 0) is 76.0 Å². The summed E-state index contributed by atoms with van der Waals surface area (Å²) in [5, 5.41) is 0. The summed E-state index contributed by atoms with van der Waals surface area (Å²) in [5.41, 5.74) is 0.787. The molecule has 0 saturated carbocycles. The predicted molar refractivity (Wildman–Crippen MR) is 159 cm³/mol. The fourth-order valence-corrected chi connectivity index (χ4v) is 8.72. The molecule has 0 radical (unpaired) electrons. The van der Waals surface area contributed by atoms with Crippen molar-refractivity contribution < 1.29 is 35.7 Å². The van der Waals surface area contributed by atoms with E-state index in [9.17, 15) is 30.9 Å². The second-order valence-corrected chi connectivity index (χ2v) is 16.4. The quantitative estimate of drug-likeness (QED) is 0.276. The van der Waals surface area contributed by atoms with Crippen LogP contribution in [0.25, 0.3) is 0 Å². The molecule has 2 aliphatic heterocycles. The largest absolute Gasteiger partial charge is 0.598 e. The maximum Gasteiger partial charge on any atom is 0.409 e. The van der Waals surface area contributed by atoms with Crippen LogP contribution in [-0.4, -0.2) is 70.5 Å². The zero-order chi connectivity index (χ0) is 31.5. The molecule has 1 amide bonds. The predicted octanol–water partition coefficient (Wildman–Crippen LogP) is 4.91. The van der Waals surface area contributed by atoms with E-state index in [1.165, 1.54) is 11.9 Å². The van der Waals surface area contributed by atoms with E-state index < -0.39 is 55.7 Å². The van der Waals surface area contributed by atoms with Crippen LogP contribution in [0, 0.1) is 23.4 Å². The van der Waals surface area contributed by atoms with Crippen LogP contribution in [-0.2, 0) is 39.1 Å². The first-order valence-corrected chi connectivity index (χ1v) is 17.2. The van der Waals surface area contributed by atoms with Crippen LogP contribution < -0.4 is 4.72 Å². The van der Waals surface area contributed by atoms with E-state index >= 15 is 0 Å². The van der Waals surface area contributed by atoms with Gasteiger partial charge in [0.1, 0.15) is 17.2 Å². The number of carbonyl (C=O) groups is 1. The fraction of sp³-hybridized carbons (Fsp3) is 0.567. The molecule has 2 aromatic rings. The maximum absolute atomic E-state index is 14.6. The highest BCUT2D eigenvalue weighted by Gasteiger charge is 2.49. The molecule has 5 atom stereocenters. The van der Waals surface area contributed by atoms with Crippen molar-refractivity contribution in [2.75, 3.05) is 19.3 Å². The summed E-state index contributed by atoms with van der Waals surface area (Å²) < 4.78 is 91.6. The molecule has 0 aliphatic carbocycles. The molecule has 2 fully saturated rings. The molecule has 8 nitrogen and oxygen atoms in total. The molecule has 1 unspecified atom stereocenters. The zero-order valence-corrected chi connectivity index (χ0v) is 26.5. The molecule has 0 aromatic heterocycles. The molecular weight excluding hydrogens is 603 g/mol. The van der Waals surface area contributed by atoms with Crippen LogP contribution in [0.2, 0.25) is 0 Å². The topological polar surface area (TPSA) is 102 Å². The lowest BCUT2D eigenvalue weighted by Crippen LogP contribution is -2.54. The maximum atomic E-state index is 14.6. The van der Waals surface area contributed by atoms with E-state index in [1.807, 2.05) is 30.3 Å². The van der Waals surface area contributed by atoms with E-state index in [-0.39, 0.29) is 48.9 Å². The Bertz CT molecular complexity index is 1360. The Hall–Kier alpha value is -2.32. The molecule has 2 aromatic carbocycles. The normalized spacial score (nSPS) is 22.3. The Morgan fingerprint density at radius 1 is 1.09 bits per heavy atom. The number of nitrogens with zero attached hydrogens (tertiary/aromatic N) is 2. The number of rotatable bonds is 11.